The summed E-state index contributed by atoms with van der Waals surface area (Å²) in [6.45, 7) is 4.93. The number of aromatic amines is 1. The highest BCUT2D eigenvalue weighted by atomic mass is 35.5. The van der Waals surface area contributed by atoms with Crippen LogP contribution < -0.4 is 36.3 Å². The average molecular weight is 1790 g/mol. The predicted octanol–water partition coefficient (Wildman–Crippen LogP) is 11.4. The normalized spacial score (nSPS) is 18.9. The Kier molecular flexibility index (Phi) is 30.4. The van der Waals surface area contributed by atoms with Crippen molar-refractivity contribution >= 4 is 98.0 Å². The minimum absolute atomic E-state index is 0.0411. The number of morpholine rings is 3. The molecule has 7 aromatic rings. The van der Waals surface area contributed by atoms with Crippen LogP contribution in [0, 0.1) is 41.6 Å². The number of aromatic nitrogens is 2. The lowest BCUT2D eigenvalue weighted by Gasteiger charge is -2.39. The van der Waals surface area contributed by atoms with Crippen LogP contribution in [0.25, 0.3) is 16.6 Å². The van der Waals surface area contributed by atoms with Gasteiger partial charge in [0.1, 0.15) is 34.3 Å². The molecule has 0 saturated carbocycles. The number of sulfone groups is 1. The molecule has 5 aliphatic rings. The molecule has 4 aliphatic heterocycles. The number of carbonyl (C=O) groups excluding carboxylic acids is 1. The van der Waals surface area contributed by atoms with Gasteiger partial charge < -0.3 is 45.2 Å². The van der Waals surface area contributed by atoms with Crippen LogP contribution in [0.4, 0.5) is 91.2 Å². The molecule has 1 aliphatic carbocycles. The largest absolute Gasteiger partial charge is 0.460 e. The molecule has 12 rings (SSSR count). The van der Waals surface area contributed by atoms with Gasteiger partial charge in [-0.15, -0.1) is 0 Å². The zero-order valence-electron chi connectivity index (χ0n) is 63.3. The third kappa shape index (κ3) is 25.8. The number of pyridine rings is 1. The number of H-pyrrole nitrogens is 1. The third-order valence-electron chi connectivity index (χ3n) is 19.4. The fourth-order valence-electron chi connectivity index (χ4n) is 13.1. The molecule has 6 heterocycles. The topological polar surface area (TPSA) is 433 Å². The van der Waals surface area contributed by atoms with Crippen molar-refractivity contribution in [1.82, 2.24) is 29.6 Å². The number of hydrogen-bond acceptors (Lipinski definition) is 26. The Balaban J connectivity index is 0.000000257. The van der Waals surface area contributed by atoms with E-state index in [1.807, 2.05) is 0 Å². The molecule has 2 aromatic heterocycles. The van der Waals surface area contributed by atoms with Crippen molar-refractivity contribution < 1.29 is 121 Å². The number of Topliss-reactive ketones (excluding diaryl/α,β-unsaturated/α-hetero) is 1. The number of nitrogens with one attached hydrogen (secondary N) is 3. The molecule has 32 nitrogen and oxygen atoms in total. The molecule has 5 aromatic carbocycles. The number of primary sulfonamides is 2. The number of carbonyl (C=O) groups is 1. The van der Waals surface area contributed by atoms with Crippen LogP contribution in [0.15, 0.2) is 136 Å². The van der Waals surface area contributed by atoms with Crippen LogP contribution in [-0.4, -0.2) is 230 Å². The van der Waals surface area contributed by atoms with E-state index in [1.165, 1.54) is 18.3 Å². The first kappa shape index (κ1) is 94.3. The van der Waals surface area contributed by atoms with E-state index in [1.54, 1.807) is 30.5 Å². The predicted molar refractivity (Wildman–Crippen MR) is 409 cm³/mol. The van der Waals surface area contributed by atoms with Gasteiger partial charge in [0.05, 0.1) is 84.9 Å². The van der Waals surface area contributed by atoms with E-state index in [2.05, 4.69) is 44.2 Å². The maximum Gasteiger partial charge on any atom is 0.460 e. The number of anilines is 3. The van der Waals surface area contributed by atoms with E-state index in [0.29, 0.717) is 83.4 Å². The fourth-order valence-corrected chi connectivity index (χ4v) is 15.7. The Morgan fingerprint density at radius 1 is 0.642 bits per heavy atom. The molecule has 0 amide bonds. The summed E-state index contributed by atoms with van der Waals surface area (Å²) < 4.78 is 261. The molecule has 49 heteroatoms. The smallest absolute Gasteiger partial charge is 0.455 e. The minimum Gasteiger partial charge on any atom is -0.455 e. The van der Waals surface area contributed by atoms with Crippen LogP contribution >= 0.6 is 11.6 Å². The van der Waals surface area contributed by atoms with Gasteiger partial charge in [-0.3, -0.25) is 40.0 Å². The molecule has 3 atom stereocenters. The molecule has 4 fully saturated rings. The lowest BCUT2D eigenvalue weighted by molar-refractivity contribution is -0.387. The number of benzene rings is 5. The summed E-state index contributed by atoms with van der Waals surface area (Å²) in [5.41, 5.74) is 5.84. The number of ether oxygens (including phenoxy) is 4. The lowest BCUT2D eigenvalue weighted by atomic mass is 9.72. The summed E-state index contributed by atoms with van der Waals surface area (Å²) in [7, 11) is -12.7. The molecule has 0 spiro atoms. The van der Waals surface area contributed by atoms with E-state index in [4.69, 9.17) is 46.6 Å². The lowest BCUT2D eigenvalue weighted by Crippen LogP contribution is -2.51. The van der Waals surface area contributed by atoms with Crippen molar-refractivity contribution in [3.63, 3.8) is 0 Å². The highest BCUT2D eigenvalue weighted by molar-refractivity contribution is 7.92. The van der Waals surface area contributed by atoms with Crippen molar-refractivity contribution in [3.8, 4) is 11.5 Å². The Hall–Kier alpha value is -9.57. The summed E-state index contributed by atoms with van der Waals surface area (Å²) in [6, 6.07) is 19.9. The number of rotatable bonds is 22. The van der Waals surface area contributed by atoms with Crippen molar-refractivity contribution in [2.45, 2.75) is 91.2 Å². The number of fused-ring (bicyclic) bond motifs is 1. The Morgan fingerprint density at radius 3 is 1.64 bits per heavy atom. The second-order valence-corrected chi connectivity index (χ2v) is 34.0. The molecule has 0 bridgehead atoms. The van der Waals surface area contributed by atoms with Gasteiger partial charge in [0, 0.05) is 138 Å². The standard InChI is InChI=1S/C47H48ClF6N7O7S.C12H15F3N4O5S.C6H11F3N2O.C6H5FN2O4S/c1-45(2)11-9-30(38(23-45)36-6-3-31(20-39(36)48)46(49,50)51)26-58-13-15-59(16-14-58)32-4-7-37(43(21-32)68-33-19-29-10-12-55-44(29)57-24-33)42(62)28-69(65,66)35-5-8-40(41(22-35)61(63)64)56-25-34-27-60(17-18-67-34)47(52,53)54;13-12(14,15)18-3-4-24-8(7-18)6-17-10-2-1-9(25(16,22)23)5-11(10)19(20)21;7-6(8,9)11-1-2-12-5(3-10)4-11;7-5-2-1-4(14(8,12)13)3-6(5)9(10)11/h3-8,10,12,19-22,24,34,56H,9,11,13-18,23,25-28H2,1-2H3,(H,55,57);1-2,5,8,17H,3-4,6-7H2,(H2,16,22,23);5H,1-4,10H2;1-3H,(H2,8,12,13). The van der Waals surface area contributed by atoms with Crippen LogP contribution in [0.1, 0.15) is 54.6 Å². The van der Waals surface area contributed by atoms with Gasteiger partial charge in [0.25, 0.3) is 11.4 Å². The number of hydrogen-bond donors (Lipinski definition) is 6. The van der Waals surface area contributed by atoms with Gasteiger partial charge in [0.15, 0.2) is 15.6 Å². The highest BCUT2D eigenvalue weighted by Gasteiger charge is 2.44. The molecule has 656 valence electrons. The number of ketones is 1. The second kappa shape index (κ2) is 38.7. The molecule has 4 saturated heterocycles. The van der Waals surface area contributed by atoms with Crippen LogP contribution in [-0.2, 0) is 50.3 Å². The van der Waals surface area contributed by atoms with Crippen molar-refractivity contribution in [2.24, 2.45) is 21.4 Å². The number of nitrogens with zero attached hydrogens (tertiary/aromatic N) is 9. The molecule has 0 radical (unpaired) electrons. The van der Waals surface area contributed by atoms with E-state index in [-0.39, 0.29) is 109 Å². The highest BCUT2D eigenvalue weighted by Crippen LogP contribution is 2.47. The van der Waals surface area contributed by atoms with E-state index in [9.17, 15) is 117 Å². The summed E-state index contributed by atoms with van der Waals surface area (Å²) in [5.74, 6) is -2.76. The van der Waals surface area contributed by atoms with Crippen molar-refractivity contribution in [3.05, 3.63) is 179 Å². The first-order chi connectivity index (χ1) is 55.9. The van der Waals surface area contributed by atoms with E-state index >= 15 is 0 Å². The number of allylic oxidation sites excluding steroid dienone is 1. The quantitative estimate of drug-likeness (QED) is 0.0121. The van der Waals surface area contributed by atoms with Gasteiger partial charge in [-0.1, -0.05) is 37.1 Å². The Bertz CT molecular complexity index is 5280. The molecular weight excluding hydrogens is 1710 g/mol. The van der Waals surface area contributed by atoms with Gasteiger partial charge in [-0.2, -0.15) is 57.1 Å². The van der Waals surface area contributed by atoms with Gasteiger partial charge in [-0.25, -0.2) is 55.2 Å². The maximum absolute atomic E-state index is 14.0. The Morgan fingerprint density at radius 2 is 1.14 bits per heavy atom. The van der Waals surface area contributed by atoms with Crippen LogP contribution in [0.5, 0.6) is 11.5 Å². The number of halogens is 14. The number of alkyl halides is 12. The number of nitro benzene ring substituents is 3. The Labute approximate surface area is 681 Å². The first-order valence-corrected chi connectivity index (χ1v) is 41.1. The summed E-state index contributed by atoms with van der Waals surface area (Å²) in [5, 5.41) is 49.1. The molecule has 3 unspecified atom stereocenters. The number of nitro groups is 3. The van der Waals surface area contributed by atoms with E-state index < -0.39 is 156 Å². The van der Waals surface area contributed by atoms with Crippen LogP contribution in [0.2, 0.25) is 5.02 Å². The fraction of sp³-hybridized carbons (Fsp3) is 0.437. The average Bonchev–Trinajstić information content (AvgIpc) is 0.827. The minimum atomic E-state index is -4.58. The number of sulfonamides is 2. The van der Waals surface area contributed by atoms with Gasteiger partial charge >= 0.3 is 30.8 Å². The summed E-state index contributed by atoms with van der Waals surface area (Å²) >= 11 is 6.52. The van der Waals surface area contributed by atoms with Crippen LogP contribution in [0.3, 0.4) is 0 Å². The zero-order chi connectivity index (χ0) is 88.4. The van der Waals surface area contributed by atoms with Gasteiger partial charge in [-0.05, 0) is 109 Å². The van der Waals surface area contributed by atoms with Crippen molar-refractivity contribution in [1.29, 1.82) is 0 Å². The molecular formula is C71H79ClF13N15O17S3. The van der Waals surface area contributed by atoms with E-state index in [0.717, 1.165) is 78.6 Å². The molecule has 9 N–H and O–H groups in total. The monoisotopic (exact) mass is 1790 g/mol. The second-order valence-electron chi connectivity index (χ2n) is 28.5. The number of nitrogens with two attached hydrogens (primary N) is 3. The summed E-state index contributed by atoms with van der Waals surface area (Å²) in [4.78, 5) is 56.0. The van der Waals surface area contributed by atoms with Crippen molar-refractivity contribution in [2.75, 3.05) is 133 Å². The maximum atomic E-state index is 14.0. The van der Waals surface area contributed by atoms with Gasteiger partial charge in [0.2, 0.25) is 25.9 Å². The summed E-state index contributed by atoms with van der Waals surface area (Å²) in [6.07, 6.45) is -14.6. The third-order valence-corrected chi connectivity index (χ3v) is 23.2. The number of piperazine rings is 1. The molecule has 120 heavy (non-hydrogen) atoms. The SMILES string of the molecule is CC1(C)CCC(CN2CCN(c3ccc(C(=O)CS(=O)(=O)c4ccc(NCC5CN(C(F)(F)F)CCO5)c([N+](=O)[O-])c4)c(Oc4cnc5[nH]ccc5c4)c3)CC2)=C(c2ccc(C(F)(F)F)cc2Cl)C1.NCC1CN(C(F)(F)F)CCO1.NS(=O)(=O)c1ccc(F)c([N+](=O)[O-])c1.NS(=O)(=O)c1ccc(NCC2CN(C(F)(F)F)CCO2)c([N+](=O)[O-])c1. The zero-order valence-corrected chi connectivity index (χ0v) is 66.5. The first-order valence-electron chi connectivity index (χ1n) is 36.0.